The van der Waals surface area contributed by atoms with Crippen LogP contribution in [-0.2, 0) is 11.2 Å². The molecule has 1 aromatic carbocycles. The number of hydrogen-bond donors (Lipinski definition) is 2. The van der Waals surface area contributed by atoms with Crippen molar-refractivity contribution in [2.45, 2.75) is 19.3 Å². The Morgan fingerprint density at radius 1 is 1.38 bits per heavy atom. The molecule has 0 aromatic heterocycles. The maximum Gasteiger partial charge on any atom is 0.251 e. The highest BCUT2D eigenvalue weighted by molar-refractivity contribution is 5.76. The van der Waals surface area contributed by atoms with E-state index in [1.807, 2.05) is 6.07 Å². The van der Waals surface area contributed by atoms with Crippen molar-refractivity contribution < 1.29 is 14.3 Å². The van der Waals surface area contributed by atoms with Gasteiger partial charge in [0.15, 0.2) is 6.67 Å². The summed E-state index contributed by atoms with van der Waals surface area (Å²) in [4.78, 5) is 10.6. The molecule has 0 aliphatic rings. The van der Waals surface area contributed by atoms with E-state index < -0.39 is 12.6 Å². The molecule has 0 radical (unpaired) electrons. The second kappa shape index (κ2) is 6.82. The first-order chi connectivity index (χ1) is 7.72. The summed E-state index contributed by atoms with van der Waals surface area (Å²) >= 11 is 0. The molecule has 88 valence electrons. The summed E-state index contributed by atoms with van der Waals surface area (Å²) in [6.07, 6.45) is 2.55. The highest BCUT2D eigenvalue weighted by atomic mass is 19.1. The lowest BCUT2D eigenvalue weighted by Gasteiger charge is -2.03. The molecule has 1 rings (SSSR count). The quantitative estimate of drug-likeness (QED) is 0.725. The van der Waals surface area contributed by atoms with Gasteiger partial charge in [-0.05, 0) is 37.0 Å². The van der Waals surface area contributed by atoms with Gasteiger partial charge in [0, 0.05) is 6.54 Å². The van der Waals surface area contributed by atoms with Crippen LogP contribution >= 0.6 is 0 Å². The lowest BCUT2D eigenvalue weighted by molar-refractivity contribution is -0.121. The van der Waals surface area contributed by atoms with E-state index in [9.17, 15) is 14.3 Å². The minimum Gasteiger partial charge on any atom is -0.508 e. The van der Waals surface area contributed by atoms with Crippen LogP contribution < -0.4 is 5.32 Å². The number of hydrogen-bond acceptors (Lipinski definition) is 2. The van der Waals surface area contributed by atoms with Crippen molar-refractivity contribution in [3.63, 3.8) is 0 Å². The van der Waals surface area contributed by atoms with E-state index in [2.05, 4.69) is 5.32 Å². The first-order valence-corrected chi connectivity index (χ1v) is 5.33. The number of nitrogens with one attached hydrogen (secondary N) is 1. The zero-order chi connectivity index (χ0) is 11.8. The fourth-order valence-electron chi connectivity index (χ4n) is 1.44. The van der Waals surface area contributed by atoms with Crippen molar-refractivity contribution in [2.75, 3.05) is 13.2 Å². The molecule has 0 fully saturated rings. The van der Waals surface area contributed by atoms with Gasteiger partial charge in [0.2, 0.25) is 0 Å². The number of phenolic OH excluding ortho intramolecular Hbond substituents is 1. The topological polar surface area (TPSA) is 49.3 Å². The number of phenols is 1. The van der Waals surface area contributed by atoms with E-state index in [0.29, 0.717) is 6.54 Å². The van der Waals surface area contributed by atoms with Crippen molar-refractivity contribution in [3.8, 4) is 5.75 Å². The summed E-state index contributed by atoms with van der Waals surface area (Å²) < 4.78 is 11.8. The number of aryl methyl sites for hydroxylation is 1. The van der Waals surface area contributed by atoms with Crippen LogP contribution in [0.3, 0.4) is 0 Å². The Kier molecular flexibility index (Phi) is 5.32. The Hall–Kier alpha value is -1.58. The van der Waals surface area contributed by atoms with Gasteiger partial charge in [-0.3, -0.25) is 4.79 Å². The van der Waals surface area contributed by atoms with E-state index >= 15 is 0 Å². The largest absolute Gasteiger partial charge is 0.508 e. The van der Waals surface area contributed by atoms with Crippen LogP contribution in [0.4, 0.5) is 4.39 Å². The Morgan fingerprint density at radius 3 is 2.88 bits per heavy atom. The van der Waals surface area contributed by atoms with Gasteiger partial charge in [0.1, 0.15) is 5.75 Å². The zero-order valence-corrected chi connectivity index (χ0v) is 9.08. The van der Waals surface area contributed by atoms with E-state index in [1.165, 1.54) is 0 Å². The van der Waals surface area contributed by atoms with Gasteiger partial charge in [0.05, 0.1) is 0 Å². The molecular formula is C12H16FNO2. The monoisotopic (exact) mass is 225 g/mol. The molecule has 0 saturated carbocycles. The second-order valence-electron chi connectivity index (χ2n) is 3.61. The molecule has 0 aliphatic carbocycles. The van der Waals surface area contributed by atoms with Gasteiger partial charge >= 0.3 is 0 Å². The summed E-state index contributed by atoms with van der Waals surface area (Å²) in [5.41, 5.74) is 1.07. The normalized spacial score (nSPS) is 10.1. The van der Waals surface area contributed by atoms with Gasteiger partial charge in [-0.2, -0.15) is 0 Å². The molecule has 16 heavy (non-hydrogen) atoms. The predicted octanol–water partition coefficient (Wildman–Crippen LogP) is 1.80. The third-order valence-electron chi connectivity index (χ3n) is 2.25. The number of carbonyl (C=O) groups excluding carboxylic acids is 1. The number of rotatable bonds is 6. The molecule has 0 heterocycles. The Bertz CT molecular complexity index is 342. The van der Waals surface area contributed by atoms with Crippen LogP contribution in [-0.4, -0.2) is 24.2 Å². The second-order valence-corrected chi connectivity index (χ2v) is 3.61. The smallest absolute Gasteiger partial charge is 0.251 e. The van der Waals surface area contributed by atoms with Gasteiger partial charge in [-0.1, -0.05) is 12.1 Å². The minimum absolute atomic E-state index is 0.267. The zero-order valence-electron chi connectivity index (χ0n) is 9.08. The van der Waals surface area contributed by atoms with E-state index in [-0.39, 0.29) is 5.75 Å². The highest BCUT2D eigenvalue weighted by Crippen LogP contribution is 2.12. The van der Waals surface area contributed by atoms with E-state index in [0.717, 1.165) is 24.8 Å². The van der Waals surface area contributed by atoms with Crippen molar-refractivity contribution in [3.05, 3.63) is 29.8 Å². The maximum atomic E-state index is 11.8. The van der Waals surface area contributed by atoms with Gasteiger partial charge in [-0.15, -0.1) is 0 Å². The molecule has 3 nitrogen and oxygen atoms in total. The SMILES string of the molecule is O=C(CF)NCCCCc1cccc(O)c1. The predicted molar refractivity (Wildman–Crippen MR) is 60.0 cm³/mol. The standard InChI is InChI=1S/C12H16FNO2/c13-9-12(16)14-7-2-1-4-10-5-3-6-11(15)8-10/h3,5-6,8,15H,1-2,4,7,9H2,(H,14,16). The van der Waals surface area contributed by atoms with Crippen molar-refractivity contribution in [1.29, 1.82) is 0 Å². The fraction of sp³-hybridized carbons (Fsp3) is 0.417. The lowest BCUT2D eigenvalue weighted by Crippen LogP contribution is -2.25. The molecule has 0 saturated heterocycles. The molecule has 0 bridgehead atoms. The molecule has 0 atom stereocenters. The summed E-state index contributed by atoms with van der Waals surface area (Å²) in [6, 6.07) is 7.10. The average molecular weight is 225 g/mol. The Balaban J connectivity index is 2.14. The fourth-order valence-corrected chi connectivity index (χ4v) is 1.44. The third-order valence-corrected chi connectivity index (χ3v) is 2.25. The molecule has 0 aliphatic heterocycles. The average Bonchev–Trinajstić information content (AvgIpc) is 2.28. The summed E-state index contributed by atoms with van der Waals surface area (Å²) in [5.74, 6) is -0.291. The lowest BCUT2D eigenvalue weighted by atomic mass is 10.1. The number of halogens is 1. The molecule has 0 unspecified atom stereocenters. The van der Waals surface area contributed by atoms with Crippen LogP contribution in [0.5, 0.6) is 5.75 Å². The highest BCUT2D eigenvalue weighted by Gasteiger charge is 1.98. The summed E-state index contributed by atoms with van der Waals surface area (Å²) in [7, 11) is 0. The molecule has 1 aromatic rings. The van der Waals surface area contributed by atoms with Gasteiger partial charge in [0.25, 0.3) is 5.91 Å². The molecule has 2 N–H and O–H groups in total. The minimum atomic E-state index is -0.952. The number of aromatic hydroxyl groups is 1. The van der Waals surface area contributed by atoms with Crippen LogP contribution in [0, 0.1) is 0 Å². The number of unbranched alkanes of at least 4 members (excludes halogenated alkanes) is 1. The van der Waals surface area contributed by atoms with Crippen molar-refractivity contribution in [2.24, 2.45) is 0 Å². The summed E-state index contributed by atoms with van der Waals surface area (Å²) in [5, 5.41) is 11.7. The van der Waals surface area contributed by atoms with Crippen LogP contribution in [0.25, 0.3) is 0 Å². The maximum absolute atomic E-state index is 11.8. The number of amides is 1. The first-order valence-electron chi connectivity index (χ1n) is 5.33. The van der Waals surface area contributed by atoms with Crippen LogP contribution in [0.2, 0.25) is 0 Å². The van der Waals surface area contributed by atoms with Gasteiger partial charge < -0.3 is 10.4 Å². The molecule has 0 spiro atoms. The van der Waals surface area contributed by atoms with E-state index in [1.54, 1.807) is 18.2 Å². The first kappa shape index (κ1) is 12.5. The molecular weight excluding hydrogens is 209 g/mol. The van der Waals surface area contributed by atoms with Crippen LogP contribution in [0.15, 0.2) is 24.3 Å². The number of benzene rings is 1. The Morgan fingerprint density at radius 2 is 2.19 bits per heavy atom. The third kappa shape index (κ3) is 4.77. The Labute approximate surface area is 94.3 Å². The number of carbonyl (C=O) groups is 1. The molecule has 4 heteroatoms. The van der Waals surface area contributed by atoms with Crippen molar-refractivity contribution in [1.82, 2.24) is 5.32 Å². The number of alkyl halides is 1. The van der Waals surface area contributed by atoms with Crippen molar-refractivity contribution >= 4 is 5.91 Å². The van der Waals surface area contributed by atoms with Gasteiger partial charge in [-0.25, -0.2) is 4.39 Å². The molecule has 1 amide bonds. The summed E-state index contributed by atoms with van der Waals surface area (Å²) in [6.45, 7) is -0.450. The van der Waals surface area contributed by atoms with E-state index in [4.69, 9.17) is 0 Å². The van der Waals surface area contributed by atoms with Crippen LogP contribution in [0.1, 0.15) is 18.4 Å².